The van der Waals surface area contributed by atoms with E-state index < -0.39 is 24.7 Å². The molecule has 1 aromatic rings. The van der Waals surface area contributed by atoms with Gasteiger partial charge in [-0.2, -0.15) is 13.2 Å². The van der Waals surface area contributed by atoms with Gasteiger partial charge in [-0.05, 0) is 17.7 Å². The van der Waals surface area contributed by atoms with Crippen LogP contribution in [0.3, 0.4) is 0 Å². The van der Waals surface area contributed by atoms with Crippen molar-refractivity contribution in [1.29, 1.82) is 0 Å². The van der Waals surface area contributed by atoms with Crippen LogP contribution in [0.25, 0.3) is 0 Å². The zero-order chi connectivity index (χ0) is 14.6. The number of rotatable bonds is 5. The summed E-state index contributed by atoms with van der Waals surface area (Å²) in [6.07, 6.45) is -6.51. The van der Waals surface area contributed by atoms with Crippen LogP contribution in [0, 0.1) is 0 Å². The first-order chi connectivity index (χ1) is 8.77. The second-order valence-electron chi connectivity index (χ2n) is 4.05. The van der Waals surface area contributed by atoms with E-state index in [9.17, 15) is 18.3 Å². The molecule has 1 rings (SSSR count). The molecule has 0 aromatic heterocycles. The molecule has 0 aliphatic carbocycles. The Bertz CT molecular complexity index is 401. The van der Waals surface area contributed by atoms with Crippen LogP contribution in [0.5, 0.6) is 11.5 Å². The Morgan fingerprint density at radius 2 is 1.63 bits per heavy atom. The van der Waals surface area contributed by atoms with Gasteiger partial charge in [-0.3, -0.25) is 0 Å². The molecule has 0 aliphatic rings. The molecule has 108 valence electrons. The van der Waals surface area contributed by atoms with E-state index in [1.165, 1.54) is 26.4 Å². The molecule has 3 N–H and O–H groups in total. The minimum atomic E-state index is -4.54. The Morgan fingerprint density at radius 1 is 1.16 bits per heavy atom. The Hall–Kier alpha value is -1.47. The third kappa shape index (κ3) is 4.29. The highest BCUT2D eigenvalue weighted by atomic mass is 19.4. The Kier molecular flexibility index (Phi) is 5.02. The van der Waals surface area contributed by atoms with Crippen molar-refractivity contribution in [3.63, 3.8) is 0 Å². The van der Waals surface area contributed by atoms with Crippen molar-refractivity contribution < 1.29 is 27.8 Å². The predicted molar refractivity (Wildman–Crippen MR) is 63.2 cm³/mol. The lowest BCUT2D eigenvalue weighted by atomic mass is 10.0. The van der Waals surface area contributed by atoms with E-state index in [0.717, 1.165) is 0 Å². The zero-order valence-corrected chi connectivity index (χ0v) is 10.6. The molecule has 0 aliphatic heterocycles. The summed E-state index contributed by atoms with van der Waals surface area (Å²) in [6.45, 7) is 0. The van der Waals surface area contributed by atoms with Gasteiger partial charge in [0.25, 0.3) is 0 Å². The van der Waals surface area contributed by atoms with Crippen LogP contribution in [0.15, 0.2) is 18.2 Å². The number of ether oxygens (including phenoxy) is 2. The van der Waals surface area contributed by atoms with Gasteiger partial charge in [0.1, 0.15) is 17.5 Å². The Balaban J connectivity index is 2.90. The third-order valence-corrected chi connectivity index (χ3v) is 2.66. The standard InChI is InChI=1S/C12H16F3NO3/c1-18-8-3-7(4-9(5-8)19-2)10(17)6-11(16)12(13,14)15/h3-5,10-11,17H,6,16H2,1-2H3/t10-,11+/m0/s1. The van der Waals surface area contributed by atoms with E-state index in [0.29, 0.717) is 11.5 Å². The normalized spacial score (nSPS) is 14.9. The first kappa shape index (κ1) is 15.6. The molecule has 0 spiro atoms. The first-order valence-electron chi connectivity index (χ1n) is 5.51. The molecule has 0 saturated heterocycles. The number of methoxy groups -OCH3 is 2. The van der Waals surface area contributed by atoms with Crippen LogP contribution in [-0.2, 0) is 0 Å². The van der Waals surface area contributed by atoms with Crippen LogP contribution in [0.4, 0.5) is 13.2 Å². The SMILES string of the molecule is COc1cc(OC)cc([C@@H](O)C[C@@H](N)C(F)(F)F)c1. The number of aliphatic hydroxyl groups excluding tert-OH is 1. The molecular weight excluding hydrogens is 263 g/mol. The fourth-order valence-corrected chi connectivity index (χ4v) is 1.53. The molecule has 7 heteroatoms. The summed E-state index contributed by atoms with van der Waals surface area (Å²) in [6, 6.07) is 2.35. The van der Waals surface area contributed by atoms with E-state index in [-0.39, 0.29) is 5.56 Å². The van der Waals surface area contributed by atoms with Crippen LogP contribution in [-0.4, -0.2) is 31.5 Å². The summed E-state index contributed by atoms with van der Waals surface area (Å²) in [4.78, 5) is 0. The maximum atomic E-state index is 12.3. The van der Waals surface area contributed by atoms with E-state index in [1.807, 2.05) is 0 Å². The van der Waals surface area contributed by atoms with Crippen molar-refractivity contribution in [2.24, 2.45) is 5.73 Å². The summed E-state index contributed by atoms with van der Waals surface area (Å²) in [5.41, 5.74) is 5.24. The largest absolute Gasteiger partial charge is 0.497 e. The van der Waals surface area contributed by atoms with Gasteiger partial charge in [0, 0.05) is 12.5 Å². The van der Waals surface area contributed by atoms with Gasteiger partial charge in [0.15, 0.2) is 0 Å². The number of benzene rings is 1. The van der Waals surface area contributed by atoms with Crippen LogP contribution < -0.4 is 15.2 Å². The maximum Gasteiger partial charge on any atom is 0.403 e. The molecule has 0 unspecified atom stereocenters. The van der Waals surface area contributed by atoms with Gasteiger partial charge < -0.3 is 20.3 Å². The molecule has 0 radical (unpaired) electrons. The average molecular weight is 279 g/mol. The van der Waals surface area contributed by atoms with Gasteiger partial charge >= 0.3 is 6.18 Å². The van der Waals surface area contributed by atoms with Crippen molar-refractivity contribution in [2.75, 3.05) is 14.2 Å². The monoisotopic (exact) mass is 279 g/mol. The van der Waals surface area contributed by atoms with Gasteiger partial charge in [-0.1, -0.05) is 0 Å². The average Bonchev–Trinajstić information content (AvgIpc) is 2.36. The topological polar surface area (TPSA) is 64.7 Å². The predicted octanol–water partition coefficient (Wildman–Crippen LogP) is 2.02. The summed E-state index contributed by atoms with van der Waals surface area (Å²) in [5, 5.41) is 9.80. The summed E-state index contributed by atoms with van der Waals surface area (Å²) in [7, 11) is 2.82. The molecule has 0 amide bonds. The van der Waals surface area contributed by atoms with Crippen LogP contribution >= 0.6 is 0 Å². The van der Waals surface area contributed by atoms with Crippen molar-refractivity contribution in [3.8, 4) is 11.5 Å². The zero-order valence-electron chi connectivity index (χ0n) is 10.6. The van der Waals surface area contributed by atoms with Gasteiger partial charge in [0.05, 0.1) is 20.3 Å². The highest BCUT2D eigenvalue weighted by molar-refractivity contribution is 5.39. The van der Waals surface area contributed by atoms with E-state index in [2.05, 4.69) is 0 Å². The summed E-state index contributed by atoms with van der Waals surface area (Å²) in [5.74, 6) is 0.767. The number of nitrogens with two attached hydrogens (primary N) is 1. The van der Waals surface area contributed by atoms with Crippen LogP contribution in [0.2, 0.25) is 0 Å². The van der Waals surface area contributed by atoms with Crippen molar-refractivity contribution >= 4 is 0 Å². The first-order valence-corrected chi connectivity index (χ1v) is 5.51. The van der Waals surface area contributed by atoms with E-state index in [1.54, 1.807) is 6.07 Å². The highest BCUT2D eigenvalue weighted by Crippen LogP contribution is 2.31. The van der Waals surface area contributed by atoms with Gasteiger partial charge in [-0.25, -0.2) is 0 Å². The van der Waals surface area contributed by atoms with Crippen molar-refractivity contribution in [2.45, 2.75) is 24.7 Å². The molecule has 0 fully saturated rings. The summed E-state index contributed by atoms with van der Waals surface area (Å²) >= 11 is 0. The third-order valence-electron chi connectivity index (χ3n) is 2.66. The van der Waals surface area contributed by atoms with Crippen molar-refractivity contribution in [1.82, 2.24) is 0 Å². The fourth-order valence-electron chi connectivity index (χ4n) is 1.53. The minimum absolute atomic E-state index is 0.260. The Labute approximate surface area is 108 Å². The minimum Gasteiger partial charge on any atom is -0.497 e. The number of hydrogen-bond donors (Lipinski definition) is 2. The quantitative estimate of drug-likeness (QED) is 0.865. The molecule has 0 heterocycles. The number of hydrogen-bond acceptors (Lipinski definition) is 4. The molecule has 0 bridgehead atoms. The molecule has 4 nitrogen and oxygen atoms in total. The second kappa shape index (κ2) is 6.12. The molecule has 2 atom stereocenters. The van der Waals surface area contributed by atoms with Crippen molar-refractivity contribution in [3.05, 3.63) is 23.8 Å². The van der Waals surface area contributed by atoms with Gasteiger partial charge in [0.2, 0.25) is 0 Å². The highest BCUT2D eigenvalue weighted by Gasteiger charge is 2.38. The smallest absolute Gasteiger partial charge is 0.403 e. The number of aliphatic hydroxyl groups is 1. The lowest BCUT2D eigenvalue weighted by molar-refractivity contribution is -0.153. The Morgan fingerprint density at radius 3 is 2.00 bits per heavy atom. The fraction of sp³-hybridized carbons (Fsp3) is 0.500. The van der Waals surface area contributed by atoms with Gasteiger partial charge in [-0.15, -0.1) is 0 Å². The number of halogens is 3. The lowest BCUT2D eigenvalue weighted by Crippen LogP contribution is -2.38. The molecule has 0 saturated carbocycles. The molecule has 19 heavy (non-hydrogen) atoms. The lowest BCUT2D eigenvalue weighted by Gasteiger charge is -2.20. The summed E-state index contributed by atoms with van der Waals surface area (Å²) < 4.78 is 46.9. The second-order valence-corrected chi connectivity index (χ2v) is 4.05. The maximum absolute atomic E-state index is 12.3. The molecular formula is C12H16F3NO3. The van der Waals surface area contributed by atoms with E-state index in [4.69, 9.17) is 15.2 Å². The van der Waals surface area contributed by atoms with E-state index >= 15 is 0 Å². The number of alkyl halides is 3. The van der Waals surface area contributed by atoms with Crippen LogP contribution in [0.1, 0.15) is 18.1 Å². The molecule has 1 aromatic carbocycles.